The van der Waals surface area contributed by atoms with Gasteiger partial charge in [-0.15, -0.1) is 0 Å². The second-order valence-corrected chi connectivity index (χ2v) is 6.68. The molecule has 1 heterocycles. The van der Waals surface area contributed by atoms with Crippen LogP contribution in [0.3, 0.4) is 0 Å². The first-order valence-corrected chi connectivity index (χ1v) is 9.73. The van der Waals surface area contributed by atoms with E-state index in [4.69, 9.17) is 9.15 Å². The standard InChI is InChI=1S/C23H22N4O5/c1-16-5-2-3-7-20(16)26-21(28)15-32-18-10-8-17(9-11-18)13-25-27-23(30)22(29)24-14-19-6-4-12-31-19/h2-13H,14-15H2,1H3,(H,24,29)(H,26,28)(H,27,30)/b25-13-. The van der Waals surface area contributed by atoms with Gasteiger partial charge in [-0.25, -0.2) is 5.43 Å². The molecule has 32 heavy (non-hydrogen) atoms. The van der Waals surface area contributed by atoms with Crippen LogP contribution in [0.15, 0.2) is 76.4 Å². The van der Waals surface area contributed by atoms with Crippen LogP contribution >= 0.6 is 0 Å². The molecule has 3 rings (SSSR count). The fraction of sp³-hybridized carbons (Fsp3) is 0.130. The van der Waals surface area contributed by atoms with Gasteiger partial charge >= 0.3 is 11.8 Å². The predicted octanol–water partition coefficient (Wildman–Crippen LogP) is 2.37. The summed E-state index contributed by atoms with van der Waals surface area (Å²) in [6, 6.07) is 17.6. The summed E-state index contributed by atoms with van der Waals surface area (Å²) >= 11 is 0. The fourth-order valence-corrected chi connectivity index (χ4v) is 2.58. The molecule has 0 aliphatic rings. The second-order valence-electron chi connectivity index (χ2n) is 6.68. The van der Waals surface area contributed by atoms with Gasteiger partial charge in [0, 0.05) is 5.69 Å². The molecule has 2 aromatic carbocycles. The molecule has 3 aromatic rings. The van der Waals surface area contributed by atoms with Gasteiger partial charge in [-0.05, 0) is 60.5 Å². The molecule has 0 aliphatic carbocycles. The van der Waals surface area contributed by atoms with E-state index in [0.29, 0.717) is 17.1 Å². The lowest BCUT2D eigenvalue weighted by Crippen LogP contribution is -2.37. The predicted molar refractivity (Wildman–Crippen MR) is 118 cm³/mol. The zero-order valence-corrected chi connectivity index (χ0v) is 17.3. The molecule has 0 fully saturated rings. The number of furan rings is 1. The summed E-state index contributed by atoms with van der Waals surface area (Å²) in [5.74, 6) is -0.954. The average Bonchev–Trinajstić information content (AvgIpc) is 3.32. The van der Waals surface area contributed by atoms with Gasteiger partial charge in [0.2, 0.25) is 0 Å². The third kappa shape index (κ3) is 6.84. The Hall–Kier alpha value is -4.40. The minimum absolute atomic E-state index is 0.105. The van der Waals surface area contributed by atoms with Gasteiger partial charge in [-0.2, -0.15) is 5.10 Å². The maximum Gasteiger partial charge on any atom is 0.329 e. The van der Waals surface area contributed by atoms with Crippen molar-refractivity contribution in [3.63, 3.8) is 0 Å². The van der Waals surface area contributed by atoms with Crippen molar-refractivity contribution in [2.75, 3.05) is 11.9 Å². The Morgan fingerprint density at radius 1 is 1.00 bits per heavy atom. The molecule has 3 amide bonds. The van der Waals surface area contributed by atoms with Gasteiger partial charge in [0.05, 0.1) is 19.0 Å². The lowest BCUT2D eigenvalue weighted by atomic mass is 10.2. The Bertz CT molecular complexity index is 1090. The van der Waals surface area contributed by atoms with E-state index >= 15 is 0 Å². The number of hydrazone groups is 1. The first-order valence-electron chi connectivity index (χ1n) is 9.73. The van der Waals surface area contributed by atoms with E-state index in [1.807, 2.05) is 31.2 Å². The molecular formula is C23H22N4O5. The van der Waals surface area contributed by atoms with Crippen molar-refractivity contribution in [2.24, 2.45) is 5.10 Å². The lowest BCUT2D eigenvalue weighted by Gasteiger charge is -2.09. The van der Waals surface area contributed by atoms with Crippen LogP contribution in [0.25, 0.3) is 0 Å². The highest BCUT2D eigenvalue weighted by Crippen LogP contribution is 2.14. The molecule has 0 spiro atoms. The highest BCUT2D eigenvalue weighted by molar-refractivity contribution is 6.35. The highest BCUT2D eigenvalue weighted by atomic mass is 16.5. The summed E-state index contributed by atoms with van der Waals surface area (Å²) in [6.07, 6.45) is 2.86. The number of ether oxygens (including phenoxy) is 1. The van der Waals surface area contributed by atoms with Crippen LogP contribution < -0.4 is 20.8 Å². The number of carbonyl (C=O) groups excluding carboxylic acids is 3. The van der Waals surface area contributed by atoms with Gasteiger partial charge in [0.25, 0.3) is 5.91 Å². The molecule has 9 heteroatoms. The maximum atomic E-state index is 12.0. The van der Waals surface area contributed by atoms with E-state index < -0.39 is 11.8 Å². The topological polar surface area (TPSA) is 122 Å². The van der Waals surface area contributed by atoms with Crippen LogP contribution in [0, 0.1) is 6.92 Å². The Morgan fingerprint density at radius 3 is 2.50 bits per heavy atom. The first-order chi connectivity index (χ1) is 15.5. The van der Waals surface area contributed by atoms with Crippen molar-refractivity contribution < 1.29 is 23.5 Å². The Labute approximate surface area is 184 Å². The number of para-hydroxylation sites is 1. The largest absolute Gasteiger partial charge is 0.484 e. The number of nitrogens with zero attached hydrogens (tertiary/aromatic N) is 1. The molecular weight excluding hydrogens is 412 g/mol. The van der Waals surface area contributed by atoms with Crippen LogP contribution in [0.5, 0.6) is 5.75 Å². The minimum atomic E-state index is -0.896. The SMILES string of the molecule is Cc1ccccc1NC(=O)COc1ccc(/C=N\NC(=O)C(=O)NCc2ccco2)cc1. The van der Waals surface area contributed by atoms with Crippen molar-refractivity contribution in [2.45, 2.75) is 13.5 Å². The van der Waals surface area contributed by atoms with Crippen molar-refractivity contribution in [3.8, 4) is 5.75 Å². The quantitative estimate of drug-likeness (QED) is 0.285. The van der Waals surface area contributed by atoms with Crippen molar-refractivity contribution in [1.29, 1.82) is 0 Å². The molecule has 0 atom stereocenters. The van der Waals surface area contributed by atoms with E-state index in [-0.39, 0.29) is 19.1 Å². The number of nitrogens with one attached hydrogen (secondary N) is 3. The molecule has 0 aliphatic heterocycles. The zero-order valence-electron chi connectivity index (χ0n) is 17.3. The molecule has 0 saturated heterocycles. The maximum absolute atomic E-state index is 12.0. The van der Waals surface area contributed by atoms with Gasteiger partial charge in [0.15, 0.2) is 6.61 Å². The second kappa shape index (κ2) is 11.1. The van der Waals surface area contributed by atoms with Crippen LogP contribution in [0.1, 0.15) is 16.9 Å². The highest BCUT2D eigenvalue weighted by Gasteiger charge is 2.12. The van der Waals surface area contributed by atoms with Crippen LogP contribution in [-0.2, 0) is 20.9 Å². The summed E-state index contributed by atoms with van der Waals surface area (Å²) in [7, 11) is 0. The Morgan fingerprint density at radius 2 is 1.78 bits per heavy atom. The van der Waals surface area contributed by atoms with Gasteiger partial charge in [0.1, 0.15) is 11.5 Å². The Kier molecular flexibility index (Phi) is 7.74. The molecule has 0 saturated carbocycles. The van der Waals surface area contributed by atoms with Gasteiger partial charge in [-0.1, -0.05) is 18.2 Å². The third-order valence-corrected chi connectivity index (χ3v) is 4.26. The number of hydrogen-bond acceptors (Lipinski definition) is 6. The smallest absolute Gasteiger partial charge is 0.329 e. The lowest BCUT2D eigenvalue weighted by molar-refractivity contribution is -0.139. The summed E-state index contributed by atoms with van der Waals surface area (Å²) in [5, 5.41) is 8.96. The monoisotopic (exact) mass is 434 g/mol. The third-order valence-electron chi connectivity index (χ3n) is 4.26. The summed E-state index contributed by atoms with van der Waals surface area (Å²) < 4.78 is 10.5. The minimum Gasteiger partial charge on any atom is -0.484 e. The van der Waals surface area contributed by atoms with Crippen molar-refractivity contribution in [3.05, 3.63) is 83.8 Å². The van der Waals surface area contributed by atoms with Crippen molar-refractivity contribution >= 4 is 29.6 Å². The van der Waals surface area contributed by atoms with Crippen LogP contribution in [0.2, 0.25) is 0 Å². The summed E-state index contributed by atoms with van der Waals surface area (Å²) in [4.78, 5) is 35.5. The van der Waals surface area contributed by atoms with E-state index in [9.17, 15) is 14.4 Å². The molecule has 3 N–H and O–H groups in total. The zero-order chi connectivity index (χ0) is 22.8. The fourth-order valence-electron chi connectivity index (χ4n) is 2.58. The van der Waals surface area contributed by atoms with E-state index in [0.717, 1.165) is 11.3 Å². The van der Waals surface area contributed by atoms with E-state index in [1.54, 1.807) is 36.4 Å². The van der Waals surface area contributed by atoms with Crippen LogP contribution in [-0.4, -0.2) is 30.5 Å². The first kappa shape index (κ1) is 22.3. The van der Waals surface area contributed by atoms with Crippen LogP contribution in [0.4, 0.5) is 5.69 Å². The normalized spacial score (nSPS) is 10.5. The number of aryl methyl sites for hydroxylation is 1. The summed E-state index contributed by atoms with van der Waals surface area (Å²) in [5.41, 5.74) is 4.52. The number of rotatable bonds is 8. The number of carbonyl (C=O) groups is 3. The van der Waals surface area contributed by atoms with Gasteiger partial charge < -0.3 is 19.8 Å². The molecule has 0 radical (unpaired) electrons. The number of anilines is 1. The molecule has 164 valence electrons. The molecule has 0 bridgehead atoms. The molecule has 0 unspecified atom stereocenters. The van der Waals surface area contributed by atoms with E-state index in [2.05, 4.69) is 21.2 Å². The molecule has 1 aromatic heterocycles. The number of hydrogen-bond donors (Lipinski definition) is 3. The van der Waals surface area contributed by atoms with E-state index in [1.165, 1.54) is 12.5 Å². The number of amides is 3. The average molecular weight is 434 g/mol. The van der Waals surface area contributed by atoms with Gasteiger partial charge in [-0.3, -0.25) is 14.4 Å². The van der Waals surface area contributed by atoms with Crippen molar-refractivity contribution in [1.82, 2.24) is 10.7 Å². The number of benzene rings is 2. The Balaban J connectivity index is 1.40. The summed E-state index contributed by atoms with van der Waals surface area (Å²) in [6.45, 7) is 1.88. The molecule has 9 nitrogen and oxygen atoms in total.